The Balaban J connectivity index is 2.80. The average molecular weight is 240 g/mol. The highest BCUT2D eigenvalue weighted by Crippen LogP contribution is 2.30. The first kappa shape index (κ1) is 13.2. The lowest BCUT2D eigenvalue weighted by Crippen LogP contribution is -2.17. The number of benzene rings is 1. The molecule has 0 aromatic heterocycles. The molecule has 0 aliphatic carbocycles. The number of para-hydroxylation sites is 1. The summed E-state index contributed by atoms with van der Waals surface area (Å²) >= 11 is 0. The van der Waals surface area contributed by atoms with E-state index in [9.17, 15) is 5.11 Å². The van der Waals surface area contributed by atoms with Crippen LogP contribution in [0.1, 0.15) is 37.5 Å². The second kappa shape index (κ2) is 6.03. The zero-order valence-electron chi connectivity index (χ0n) is 10.4. The van der Waals surface area contributed by atoms with Crippen LogP contribution in [-0.4, -0.2) is 21.9 Å². The van der Waals surface area contributed by atoms with Gasteiger partial charge in [0.05, 0.1) is 6.10 Å². The summed E-state index contributed by atoms with van der Waals surface area (Å²) in [5.41, 5.74) is 1.69. The Morgan fingerprint density at radius 3 is 2.69 bits per heavy atom. The summed E-state index contributed by atoms with van der Waals surface area (Å²) < 4.78 is 11.0. The molecule has 0 heterocycles. The lowest BCUT2D eigenvalue weighted by molar-refractivity contribution is -0.114. The summed E-state index contributed by atoms with van der Waals surface area (Å²) in [6.07, 6.45) is 0.501. The molecule has 0 saturated heterocycles. The van der Waals surface area contributed by atoms with Gasteiger partial charge in [-0.25, -0.2) is 0 Å². The van der Waals surface area contributed by atoms with Crippen molar-refractivity contribution in [1.82, 2.24) is 0 Å². The molecule has 4 heteroatoms. The van der Waals surface area contributed by atoms with Crippen molar-refractivity contribution < 1.29 is 14.3 Å². The number of phenolic OH excluding ortho intramolecular Hbond substituents is 1. The number of hydrogen-bond donors (Lipinski definition) is 1. The number of aromatic hydroxyl groups is 1. The molecular formula is C12H20O3Si. The molecule has 0 aliphatic heterocycles. The van der Waals surface area contributed by atoms with Crippen molar-refractivity contribution in [1.29, 1.82) is 0 Å². The minimum atomic E-state index is -0.165. The molecule has 2 unspecified atom stereocenters. The fourth-order valence-corrected chi connectivity index (χ4v) is 2.07. The first-order valence-electron chi connectivity index (χ1n) is 5.56. The van der Waals surface area contributed by atoms with E-state index >= 15 is 0 Å². The summed E-state index contributed by atoms with van der Waals surface area (Å²) in [5, 5.41) is 9.91. The third kappa shape index (κ3) is 3.07. The molecule has 16 heavy (non-hydrogen) atoms. The summed E-state index contributed by atoms with van der Waals surface area (Å²) in [7, 11) is 0.659. The second-order valence-corrected chi connectivity index (χ2v) is 4.34. The number of rotatable bonds is 5. The van der Waals surface area contributed by atoms with Gasteiger partial charge in [-0.05, 0) is 25.8 Å². The van der Waals surface area contributed by atoms with Gasteiger partial charge in [0.15, 0.2) is 0 Å². The molecule has 3 nitrogen and oxygen atoms in total. The van der Waals surface area contributed by atoms with Crippen LogP contribution in [0.4, 0.5) is 0 Å². The number of phenols is 1. The number of hydrogen-bond acceptors (Lipinski definition) is 3. The summed E-state index contributed by atoms with van der Waals surface area (Å²) in [4.78, 5) is 0. The molecular weight excluding hydrogens is 220 g/mol. The molecule has 0 fully saturated rings. The van der Waals surface area contributed by atoms with Crippen molar-refractivity contribution in [3.05, 3.63) is 29.3 Å². The smallest absolute Gasteiger partial charge is 0.149 e. The van der Waals surface area contributed by atoms with E-state index in [-0.39, 0.29) is 12.4 Å². The van der Waals surface area contributed by atoms with Crippen LogP contribution < -0.4 is 0 Å². The van der Waals surface area contributed by atoms with Crippen LogP contribution >= 0.6 is 0 Å². The molecule has 0 saturated carbocycles. The van der Waals surface area contributed by atoms with Gasteiger partial charge in [-0.2, -0.15) is 0 Å². The van der Waals surface area contributed by atoms with E-state index in [1.807, 2.05) is 39.0 Å². The van der Waals surface area contributed by atoms with E-state index in [0.717, 1.165) is 17.5 Å². The fraction of sp³-hybridized carbons (Fsp3) is 0.500. The fourth-order valence-electron chi connectivity index (χ4n) is 1.63. The van der Waals surface area contributed by atoms with Crippen LogP contribution in [0.2, 0.25) is 0 Å². The van der Waals surface area contributed by atoms with Gasteiger partial charge in [-0.3, -0.25) is 0 Å². The van der Waals surface area contributed by atoms with Crippen LogP contribution in [0.3, 0.4) is 0 Å². The van der Waals surface area contributed by atoms with Crippen molar-refractivity contribution in [3.8, 4) is 5.75 Å². The Labute approximate surface area is 99.9 Å². The minimum Gasteiger partial charge on any atom is -0.507 e. The highest BCUT2D eigenvalue weighted by molar-refractivity contribution is 5.98. The quantitative estimate of drug-likeness (QED) is 0.630. The number of aryl methyl sites for hydroxylation is 1. The third-order valence-corrected chi connectivity index (χ3v) is 3.18. The molecule has 0 bridgehead atoms. The van der Waals surface area contributed by atoms with Gasteiger partial charge >= 0.3 is 0 Å². The Bertz CT molecular complexity index is 337. The van der Waals surface area contributed by atoms with Gasteiger partial charge in [-0.15, -0.1) is 0 Å². The molecule has 90 valence electrons. The van der Waals surface area contributed by atoms with Crippen molar-refractivity contribution in [2.45, 2.75) is 39.6 Å². The topological polar surface area (TPSA) is 38.7 Å². The van der Waals surface area contributed by atoms with Gasteiger partial charge in [0, 0.05) is 5.56 Å². The van der Waals surface area contributed by atoms with Gasteiger partial charge in [-0.1, -0.05) is 25.1 Å². The van der Waals surface area contributed by atoms with Crippen LogP contribution in [-0.2, 0) is 9.16 Å². The van der Waals surface area contributed by atoms with Gasteiger partial charge in [0.2, 0.25) is 0 Å². The molecule has 1 aromatic carbocycles. The lowest BCUT2D eigenvalue weighted by Gasteiger charge is -2.21. The Kier molecular flexibility index (Phi) is 4.98. The first-order valence-corrected chi connectivity index (χ1v) is 6.38. The molecule has 0 amide bonds. The molecule has 0 spiro atoms. The number of ether oxygens (including phenoxy) is 1. The average Bonchev–Trinajstić information content (AvgIpc) is 2.29. The highest BCUT2D eigenvalue weighted by Gasteiger charge is 2.15. The van der Waals surface area contributed by atoms with Crippen molar-refractivity contribution in [2.75, 3.05) is 0 Å². The largest absolute Gasteiger partial charge is 0.507 e. The van der Waals surface area contributed by atoms with Crippen molar-refractivity contribution in [3.63, 3.8) is 0 Å². The standard InChI is InChI=1S/C12H20O3Si/c1-4-11(15-16)14-9(3)10-7-5-6-8(2)12(10)13/h5-7,9,11,13H,4H2,1-3,16H3. The predicted molar refractivity (Wildman–Crippen MR) is 67.4 cm³/mol. The van der Waals surface area contributed by atoms with Gasteiger partial charge in [0.25, 0.3) is 0 Å². The summed E-state index contributed by atoms with van der Waals surface area (Å²) in [6.45, 7) is 5.83. The normalized spacial score (nSPS) is 14.9. The van der Waals surface area contributed by atoms with E-state index in [4.69, 9.17) is 9.16 Å². The SMILES string of the molecule is CCC(O[SiH3])OC(C)c1cccc(C)c1O. The Morgan fingerprint density at radius 2 is 2.12 bits per heavy atom. The van der Waals surface area contributed by atoms with E-state index in [1.54, 1.807) is 0 Å². The molecule has 1 N–H and O–H groups in total. The molecule has 1 aromatic rings. The van der Waals surface area contributed by atoms with Crippen molar-refractivity contribution >= 4 is 10.5 Å². The van der Waals surface area contributed by atoms with Gasteiger partial charge in [0.1, 0.15) is 22.5 Å². The van der Waals surface area contributed by atoms with E-state index in [2.05, 4.69) is 0 Å². The molecule has 1 rings (SSSR count). The predicted octanol–water partition coefficient (Wildman–Crippen LogP) is 1.81. The summed E-state index contributed by atoms with van der Waals surface area (Å²) in [5.74, 6) is 0.318. The Morgan fingerprint density at radius 1 is 1.44 bits per heavy atom. The van der Waals surface area contributed by atoms with Crippen LogP contribution in [0, 0.1) is 6.92 Å². The monoisotopic (exact) mass is 240 g/mol. The molecule has 0 radical (unpaired) electrons. The highest BCUT2D eigenvalue weighted by atomic mass is 28.2. The summed E-state index contributed by atoms with van der Waals surface area (Å²) in [6, 6.07) is 5.69. The van der Waals surface area contributed by atoms with Crippen molar-refractivity contribution in [2.24, 2.45) is 0 Å². The lowest BCUT2D eigenvalue weighted by atomic mass is 10.1. The molecule has 0 aliphatic rings. The maximum Gasteiger partial charge on any atom is 0.149 e. The van der Waals surface area contributed by atoms with Crippen LogP contribution in [0.15, 0.2) is 18.2 Å². The van der Waals surface area contributed by atoms with E-state index in [0.29, 0.717) is 16.2 Å². The van der Waals surface area contributed by atoms with Gasteiger partial charge < -0.3 is 14.3 Å². The zero-order valence-corrected chi connectivity index (χ0v) is 12.4. The van der Waals surface area contributed by atoms with E-state index in [1.165, 1.54) is 0 Å². The first-order chi connectivity index (χ1) is 7.60. The van der Waals surface area contributed by atoms with E-state index < -0.39 is 0 Å². The zero-order chi connectivity index (χ0) is 12.1. The van der Waals surface area contributed by atoms with Crippen LogP contribution in [0.25, 0.3) is 0 Å². The maximum absolute atomic E-state index is 9.91. The third-order valence-electron chi connectivity index (χ3n) is 2.66. The minimum absolute atomic E-state index is 0.154. The molecule has 2 atom stereocenters. The van der Waals surface area contributed by atoms with Crippen LogP contribution in [0.5, 0.6) is 5.75 Å². The second-order valence-electron chi connectivity index (χ2n) is 3.86. The maximum atomic E-state index is 9.91. The Hall–Kier alpha value is -0.843.